The Morgan fingerprint density at radius 3 is 2.12 bits per heavy atom. The molecule has 0 aliphatic heterocycles. The predicted molar refractivity (Wildman–Crippen MR) is 61.7 cm³/mol. The fraction of sp³-hybridized carbons (Fsp3) is 0.667. The standard InChI is InChI=1S/C6H11N3O5S2/c7-3(5(10)11)1-15-16(9-14)2-4(8)6(12)13/h3-4H,1-2,7-8H2,(H-,10,11,12,13)/p+1/t3-,4-,16?/m1/s1. The molecule has 0 saturated carbocycles. The van der Waals surface area contributed by atoms with Crippen molar-refractivity contribution in [3.8, 4) is 0 Å². The first-order chi connectivity index (χ1) is 7.38. The van der Waals surface area contributed by atoms with E-state index in [1.54, 1.807) is 0 Å². The van der Waals surface area contributed by atoms with Crippen LogP contribution in [0.15, 0.2) is 4.58 Å². The third-order valence-corrected chi connectivity index (χ3v) is 4.82. The van der Waals surface area contributed by atoms with Crippen molar-refractivity contribution in [2.45, 2.75) is 12.1 Å². The van der Waals surface area contributed by atoms with Crippen molar-refractivity contribution < 1.29 is 19.8 Å². The number of rotatable bonds is 8. The molecule has 16 heavy (non-hydrogen) atoms. The smallest absolute Gasteiger partial charge is 0.325 e. The van der Waals surface area contributed by atoms with E-state index < -0.39 is 34.1 Å². The van der Waals surface area contributed by atoms with E-state index in [-0.39, 0.29) is 11.5 Å². The van der Waals surface area contributed by atoms with Crippen molar-refractivity contribution >= 4 is 32.8 Å². The van der Waals surface area contributed by atoms with E-state index in [4.69, 9.17) is 21.7 Å². The van der Waals surface area contributed by atoms with Crippen molar-refractivity contribution in [2.75, 3.05) is 11.5 Å². The van der Waals surface area contributed by atoms with Gasteiger partial charge in [-0.2, -0.15) is 0 Å². The number of aliphatic carboxylic acids is 2. The maximum Gasteiger partial charge on any atom is 0.325 e. The first-order valence-corrected chi connectivity index (χ1v) is 6.88. The molecule has 0 aromatic rings. The minimum atomic E-state index is -1.23. The molecule has 0 fully saturated rings. The molecule has 0 aliphatic rings. The topological polar surface area (TPSA) is 156 Å². The van der Waals surface area contributed by atoms with Crippen LogP contribution in [0.4, 0.5) is 0 Å². The molecule has 0 aromatic carbocycles. The van der Waals surface area contributed by atoms with Gasteiger partial charge in [-0.05, 0) is 0 Å². The summed E-state index contributed by atoms with van der Waals surface area (Å²) in [6.45, 7) is 0. The fourth-order valence-corrected chi connectivity index (χ4v) is 3.41. The molecule has 1 unspecified atom stereocenters. The third kappa shape index (κ3) is 5.90. The van der Waals surface area contributed by atoms with Crippen molar-refractivity contribution in [2.24, 2.45) is 16.0 Å². The summed E-state index contributed by atoms with van der Waals surface area (Å²) in [6, 6.07) is -2.29. The number of carboxylic acid groups (broad SMARTS) is 2. The first kappa shape index (κ1) is 15.2. The Balaban J connectivity index is 4.06. The zero-order valence-corrected chi connectivity index (χ0v) is 9.74. The number of hydrogen-bond acceptors (Lipinski definition) is 7. The van der Waals surface area contributed by atoms with E-state index in [1.165, 1.54) is 0 Å². The van der Waals surface area contributed by atoms with Gasteiger partial charge in [-0.1, -0.05) is 4.91 Å². The predicted octanol–water partition coefficient (Wildman–Crippen LogP) is -1.24. The molecule has 8 nitrogen and oxygen atoms in total. The summed E-state index contributed by atoms with van der Waals surface area (Å²) in [5.41, 5.74) is 10.4. The molecular formula is C6H12N3O5S2+. The molecule has 0 aliphatic carbocycles. The van der Waals surface area contributed by atoms with Gasteiger partial charge in [0, 0.05) is 0 Å². The van der Waals surface area contributed by atoms with Crippen LogP contribution in [-0.2, 0) is 19.7 Å². The van der Waals surface area contributed by atoms with Gasteiger partial charge in [0.25, 0.3) is 0 Å². The lowest BCUT2D eigenvalue weighted by molar-refractivity contribution is -0.138. The second-order valence-electron chi connectivity index (χ2n) is 2.74. The Morgan fingerprint density at radius 1 is 1.25 bits per heavy atom. The highest BCUT2D eigenvalue weighted by molar-refractivity contribution is 8.73. The molecule has 0 saturated heterocycles. The average Bonchev–Trinajstić information content (AvgIpc) is 2.22. The van der Waals surface area contributed by atoms with E-state index in [2.05, 4.69) is 4.58 Å². The summed E-state index contributed by atoms with van der Waals surface area (Å²) < 4.78 is 2.69. The minimum absolute atomic E-state index is 0.0173. The Kier molecular flexibility index (Phi) is 7.05. The second kappa shape index (κ2) is 7.44. The number of nitrogens with two attached hydrogens (primary N) is 2. The van der Waals surface area contributed by atoms with Gasteiger partial charge in [-0.15, -0.1) is 0 Å². The fourth-order valence-electron chi connectivity index (χ4n) is 0.548. The van der Waals surface area contributed by atoms with Gasteiger partial charge in [-0.3, -0.25) is 9.59 Å². The summed E-state index contributed by atoms with van der Waals surface area (Å²) in [7, 11) is -0.279. The van der Waals surface area contributed by atoms with Crippen LogP contribution in [0.1, 0.15) is 0 Å². The third-order valence-electron chi connectivity index (χ3n) is 1.42. The van der Waals surface area contributed by atoms with Crippen molar-refractivity contribution in [3.63, 3.8) is 0 Å². The highest BCUT2D eigenvalue weighted by atomic mass is 33.1. The maximum absolute atomic E-state index is 10.4. The van der Waals surface area contributed by atoms with Crippen LogP contribution >= 0.6 is 10.8 Å². The van der Waals surface area contributed by atoms with Crippen LogP contribution in [0.25, 0.3) is 0 Å². The molecule has 0 aromatic heterocycles. The Bertz CT molecular complexity index is 277. The van der Waals surface area contributed by atoms with Crippen LogP contribution in [0.2, 0.25) is 0 Å². The average molecular weight is 270 g/mol. The molecule has 92 valence electrons. The monoisotopic (exact) mass is 270 g/mol. The second-order valence-corrected chi connectivity index (χ2v) is 6.29. The minimum Gasteiger partial charge on any atom is -0.480 e. The molecule has 0 spiro atoms. The van der Waals surface area contributed by atoms with Crippen LogP contribution in [-0.4, -0.2) is 45.7 Å². The number of nitrogens with zero attached hydrogens (tertiary/aromatic N) is 1. The molecule has 0 rings (SSSR count). The molecule has 0 bridgehead atoms. The molecule has 6 N–H and O–H groups in total. The summed E-state index contributed by atoms with van der Waals surface area (Å²) in [5, 5.41) is 17.0. The zero-order valence-electron chi connectivity index (χ0n) is 8.11. The highest BCUT2D eigenvalue weighted by Crippen LogP contribution is 2.19. The van der Waals surface area contributed by atoms with Gasteiger partial charge < -0.3 is 21.7 Å². The van der Waals surface area contributed by atoms with Crippen LogP contribution in [0.5, 0.6) is 0 Å². The van der Waals surface area contributed by atoms with Crippen molar-refractivity contribution in [3.05, 3.63) is 4.91 Å². The largest absolute Gasteiger partial charge is 0.480 e. The lowest BCUT2D eigenvalue weighted by Gasteiger charge is -2.04. The van der Waals surface area contributed by atoms with Gasteiger partial charge in [0.05, 0.1) is 5.75 Å². The summed E-state index contributed by atoms with van der Waals surface area (Å²) >= 11 is 0. The number of nitroso groups, excluding NO2 is 1. The Morgan fingerprint density at radius 2 is 1.75 bits per heavy atom. The molecular weight excluding hydrogens is 258 g/mol. The number of carbonyl (C=O) groups is 2. The van der Waals surface area contributed by atoms with E-state index in [9.17, 15) is 14.5 Å². The van der Waals surface area contributed by atoms with Gasteiger partial charge in [0.2, 0.25) is 10.1 Å². The molecule has 0 radical (unpaired) electrons. The van der Waals surface area contributed by atoms with Gasteiger partial charge >= 0.3 is 11.9 Å². The van der Waals surface area contributed by atoms with Crippen LogP contribution in [0.3, 0.4) is 0 Å². The van der Waals surface area contributed by atoms with Crippen LogP contribution in [0, 0.1) is 4.91 Å². The molecule has 10 heteroatoms. The van der Waals surface area contributed by atoms with Gasteiger partial charge in [0.1, 0.15) is 16.8 Å². The zero-order chi connectivity index (χ0) is 12.7. The van der Waals surface area contributed by atoms with Gasteiger partial charge in [0.15, 0.2) is 16.4 Å². The van der Waals surface area contributed by atoms with Crippen molar-refractivity contribution in [1.82, 2.24) is 0 Å². The van der Waals surface area contributed by atoms with E-state index in [1.807, 2.05) is 0 Å². The normalized spacial score (nSPS) is 16.1. The first-order valence-electron chi connectivity index (χ1n) is 4.03. The summed E-state index contributed by atoms with van der Waals surface area (Å²) in [5.74, 6) is -2.57. The molecule has 3 atom stereocenters. The Hall–Kier alpha value is -0.840. The van der Waals surface area contributed by atoms with E-state index in [0.29, 0.717) is 0 Å². The molecule has 0 amide bonds. The lowest BCUT2D eigenvalue weighted by atomic mass is 10.4. The number of hydrogen-bond donors (Lipinski definition) is 4. The van der Waals surface area contributed by atoms with Crippen molar-refractivity contribution in [1.29, 1.82) is 0 Å². The molecule has 0 heterocycles. The van der Waals surface area contributed by atoms with E-state index >= 15 is 0 Å². The Labute approximate surface area is 97.6 Å². The van der Waals surface area contributed by atoms with Gasteiger partial charge in [-0.25, -0.2) is 0 Å². The SMILES string of the molecule is N[C@H](CS[S+](C[C@@H](N)C(=O)O)N=O)C(=O)O. The lowest BCUT2D eigenvalue weighted by Crippen LogP contribution is -2.37. The number of carboxylic acids is 2. The van der Waals surface area contributed by atoms with E-state index in [0.717, 1.165) is 10.8 Å². The maximum atomic E-state index is 10.4. The highest BCUT2D eigenvalue weighted by Gasteiger charge is 2.31. The summed E-state index contributed by atoms with van der Waals surface area (Å²) in [4.78, 5) is 31.1. The summed E-state index contributed by atoms with van der Waals surface area (Å²) in [6.07, 6.45) is 0. The van der Waals surface area contributed by atoms with Crippen LogP contribution < -0.4 is 11.5 Å². The quantitative estimate of drug-likeness (QED) is 0.242.